The molecule has 0 amide bonds. The molecule has 0 radical (unpaired) electrons. The van der Waals surface area contributed by atoms with Crippen molar-refractivity contribution in [1.82, 2.24) is 0 Å². The maximum Gasteiger partial charge on any atom is 0.313 e. The van der Waals surface area contributed by atoms with Gasteiger partial charge < -0.3 is 10.1 Å². The molecule has 0 spiro atoms. The molecular formula is C14H21FN2O3. The summed E-state index contributed by atoms with van der Waals surface area (Å²) in [6, 6.07) is 2.21. The molecule has 5 nitrogen and oxygen atoms in total. The molecule has 0 saturated carbocycles. The van der Waals surface area contributed by atoms with Crippen LogP contribution in [-0.4, -0.2) is 18.6 Å². The van der Waals surface area contributed by atoms with Crippen LogP contribution in [0.15, 0.2) is 12.1 Å². The molecule has 6 heteroatoms. The van der Waals surface area contributed by atoms with Crippen molar-refractivity contribution in [3.8, 4) is 5.75 Å². The van der Waals surface area contributed by atoms with Crippen molar-refractivity contribution >= 4 is 11.4 Å². The van der Waals surface area contributed by atoms with Gasteiger partial charge in [0.15, 0.2) is 11.6 Å². The Morgan fingerprint density at radius 3 is 2.65 bits per heavy atom. The predicted molar refractivity (Wildman–Crippen MR) is 76.8 cm³/mol. The van der Waals surface area contributed by atoms with E-state index in [0.717, 1.165) is 25.3 Å². The lowest BCUT2D eigenvalue weighted by atomic mass is 10.1. The molecule has 0 bridgehead atoms. The van der Waals surface area contributed by atoms with Crippen LogP contribution < -0.4 is 10.1 Å². The number of nitrogens with one attached hydrogen (secondary N) is 1. The fourth-order valence-electron chi connectivity index (χ4n) is 1.89. The number of nitrogens with zero attached hydrogens (tertiary/aromatic N) is 1. The molecule has 1 rings (SSSR count). The number of methoxy groups -OCH3 is 1. The van der Waals surface area contributed by atoms with Crippen molar-refractivity contribution < 1.29 is 14.1 Å². The first-order valence-corrected chi connectivity index (χ1v) is 6.71. The Balaban J connectivity index is 2.64. The minimum atomic E-state index is -0.658. The van der Waals surface area contributed by atoms with E-state index in [1.54, 1.807) is 0 Å². The maximum atomic E-state index is 13.7. The van der Waals surface area contributed by atoms with Crippen LogP contribution in [0.1, 0.15) is 33.1 Å². The molecular weight excluding hydrogens is 263 g/mol. The number of unbranched alkanes of at least 4 members (excludes halogenated alkanes) is 1. The molecule has 1 aromatic rings. The lowest BCUT2D eigenvalue weighted by Crippen LogP contribution is -2.05. The van der Waals surface area contributed by atoms with E-state index >= 15 is 0 Å². The lowest BCUT2D eigenvalue weighted by Gasteiger charge is -2.10. The van der Waals surface area contributed by atoms with E-state index in [-0.39, 0.29) is 17.1 Å². The first-order valence-electron chi connectivity index (χ1n) is 6.71. The molecule has 0 saturated heterocycles. The minimum absolute atomic E-state index is 0.0566. The van der Waals surface area contributed by atoms with Crippen LogP contribution in [0, 0.1) is 21.8 Å². The van der Waals surface area contributed by atoms with Gasteiger partial charge in [0.25, 0.3) is 0 Å². The zero-order valence-electron chi connectivity index (χ0n) is 12.1. The lowest BCUT2D eigenvalue weighted by molar-refractivity contribution is -0.385. The summed E-state index contributed by atoms with van der Waals surface area (Å²) >= 11 is 0. The van der Waals surface area contributed by atoms with E-state index in [2.05, 4.69) is 19.2 Å². The normalized spacial score (nSPS) is 10.7. The third kappa shape index (κ3) is 4.68. The summed E-state index contributed by atoms with van der Waals surface area (Å²) < 4.78 is 18.7. The second-order valence-electron chi connectivity index (χ2n) is 5.08. The number of anilines is 1. The van der Waals surface area contributed by atoms with Gasteiger partial charge in [-0.25, -0.2) is 4.39 Å². The molecule has 1 aromatic carbocycles. The van der Waals surface area contributed by atoms with Crippen LogP contribution in [0.5, 0.6) is 5.75 Å². The summed E-state index contributed by atoms with van der Waals surface area (Å²) in [6.45, 7) is 4.95. The monoisotopic (exact) mass is 284 g/mol. The zero-order chi connectivity index (χ0) is 15.1. The fourth-order valence-corrected chi connectivity index (χ4v) is 1.89. The molecule has 112 valence electrons. The second kappa shape index (κ2) is 7.67. The quantitative estimate of drug-likeness (QED) is 0.445. The van der Waals surface area contributed by atoms with Crippen LogP contribution >= 0.6 is 0 Å². The van der Waals surface area contributed by atoms with Crippen molar-refractivity contribution in [2.45, 2.75) is 33.1 Å². The number of rotatable bonds is 8. The van der Waals surface area contributed by atoms with Crippen LogP contribution in [0.4, 0.5) is 15.8 Å². The van der Waals surface area contributed by atoms with Gasteiger partial charge in [-0.05, 0) is 12.3 Å². The molecule has 0 aromatic heterocycles. The number of benzene rings is 1. The van der Waals surface area contributed by atoms with Crippen LogP contribution in [0.25, 0.3) is 0 Å². The summed E-state index contributed by atoms with van der Waals surface area (Å²) in [5, 5.41) is 13.7. The molecule has 0 atom stereocenters. The van der Waals surface area contributed by atoms with Crippen molar-refractivity contribution in [2.24, 2.45) is 5.92 Å². The van der Waals surface area contributed by atoms with Gasteiger partial charge in [-0.3, -0.25) is 10.1 Å². The highest BCUT2D eigenvalue weighted by atomic mass is 19.1. The second-order valence-corrected chi connectivity index (χ2v) is 5.08. The Bertz CT molecular complexity index is 464. The van der Waals surface area contributed by atoms with Crippen molar-refractivity contribution in [3.63, 3.8) is 0 Å². The van der Waals surface area contributed by atoms with Crippen LogP contribution in [0.2, 0.25) is 0 Å². The van der Waals surface area contributed by atoms with E-state index in [4.69, 9.17) is 4.74 Å². The van der Waals surface area contributed by atoms with Gasteiger partial charge in [0.1, 0.15) is 0 Å². The standard InChI is InChI=1S/C14H21FN2O3/c1-10(2)6-4-5-7-16-12-9-14(20-3)13(17(18)19)8-11(12)15/h8-10,16H,4-7H2,1-3H3. The van der Waals surface area contributed by atoms with Crippen molar-refractivity contribution in [3.05, 3.63) is 28.1 Å². The summed E-state index contributed by atoms with van der Waals surface area (Å²) in [5.74, 6) is 0.0774. The molecule has 0 aliphatic rings. The molecule has 20 heavy (non-hydrogen) atoms. The predicted octanol–water partition coefficient (Wildman–Crippen LogP) is 3.98. The van der Waals surface area contributed by atoms with E-state index in [1.807, 2.05) is 0 Å². The molecule has 0 heterocycles. The molecule has 0 unspecified atom stereocenters. The summed E-state index contributed by atoms with van der Waals surface area (Å²) in [5.41, 5.74) is -0.132. The highest BCUT2D eigenvalue weighted by Gasteiger charge is 2.18. The largest absolute Gasteiger partial charge is 0.490 e. The molecule has 1 N–H and O–H groups in total. The third-order valence-electron chi connectivity index (χ3n) is 2.99. The Morgan fingerprint density at radius 2 is 2.10 bits per heavy atom. The SMILES string of the molecule is COc1cc(NCCCCC(C)C)c(F)cc1[N+](=O)[O-]. The number of nitro benzene ring substituents is 1. The first-order chi connectivity index (χ1) is 9.45. The maximum absolute atomic E-state index is 13.7. The van der Waals surface area contributed by atoms with E-state index < -0.39 is 10.7 Å². The van der Waals surface area contributed by atoms with Gasteiger partial charge in [0, 0.05) is 12.6 Å². The van der Waals surface area contributed by atoms with E-state index in [1.165, 1.54) is 13.2 Å². The Morgan fingerprint density at radius 1 is 1.40 bits per heavy atom. The highest BCUT2D eigenvalue weighted by molar-refractivity contribution is 5.59. The number of halogens is 1. The first kappa shape index (κ1) is 16.2. The summed E-state index contributed by atoms with van der Waals surface area (Å²) in [4.78, 5) is 10.1. The van der Waals surface area contributed by atoms with Gasteiger partial charge in [0.05, 0.1) is 23.8 Å². The molecule has 0 fully saturated rings. The highest BCUT2D eigenvalue weighted by Crippen LogP contribution is 2.32. The van der Waals surface area contributed by atoms with Gasteiger partial charge in [-0.2, -0.15) is 0 Å². The van der Waals surface area contributed by atoms with Gasteiger partial charge >= 0.3 is 5.69 Å². The Hall–Kier alpha value is -1.85. The van der Waals surface area contributed by atoms with E-state index in [0.29, 0.717) is 12.5 Å². The van der Waals surface area contributed by atoms with Gasteiger partial charge in [-0.1, -0.05) is 26.7 Å². The van der Waals surface area contributed by atoms with Crippen LogP contribution in [-0.2, 0) is 0 Å². The number of hydrogen-bond acceptors (Lipinski definition) is 4. The third-order valence-corrected chi connectivity index (χ3v) is 2.99. The average Bonchev–Trinajstić information content (AvgIpc) is 2.39. The van der Waals surface area contributed by atoms with Gasteiger partial charge in [-0.15, -0.1) is 0 Å². The molecule has 0 aliphatic heterocycles. The topological polar surface area (TPSA) is 64.4 Å². The van der Waals surface area contributed by atoms with Crippen molar-refractivity contribution in [2.75, 3.05) is 19.0 Å². The average molecular weight is 284 g/mol. The van der Waals surface area contributed by atoms with Crippen LogP contribution in [0.3, 0.4) is 0 Å². The number of nitro groups is 1. The Kier molecular flexibility index (Phi) is 6.21. The van der Waals surface area contributed by atoms with Gasteiger partial charge in [0.2, 0.25) is 0 Å². The summed E-state index contributed by atoms with van der Waals surface area (Å²) in [6.07, 6.45) is 3.13. The van der Waals surface area contributed by atoms with E-state index in [9.17, 15) is 14.5 Å². The molecule has 0 aliphatic carbocycles. The smallest absolute Gasteiger partial charge is 0.313 e. The minimum Gasteiger partial charge on any atom is -0.490 e. The Labute approximate surface area is 118 Å². The number of hydrogen-bond donors (Lipinski definition) is 1. The zero-order valence-corrected chi connectivity index (χ0v) is 12.1. The summed E-state index contributed by atoms with van der Waals surface area (Å²) in [7, 11) is 1.33. The number of ether oxygens (including phenoxy) is 1. The van der Waals surface area contributed by atoms with Crippen molar-refractivity contribution in [1.29, 1.82) is 0 Å². The fraction of sp³-hybridized carbons (Fsp3) is 0.571.